The fourth-order valence-electron chi connectivity index (χ4n) is 3.22. The highest BCUT2D eigenvalue weighted by molar-refractivity contribution is 9.10. The highest BCUT2D eigenvalue weighted by atomic mass is 79.9. The summed E-state index contributed by atoms with van der Waals surface area (Å²) in [5, 5.41) is 5.78. The molecule has 0 spiro atoms. The molecule has 0 aliphatic heterocycles. The largest absolute Gasteiger partial charge is 0.492 e. The molecule has 6 heteroatoms. The van der Waals surface area contributed by atoms with Crippen molar-refractivity contribution in [3.63, 3.8) is 0 Å². The smallest absolute Gasteiger partial charge is 0.255 e. The molecule has 0 aliphatic carbocycles. The summed E-state index contributed by atoms with van der Waals surface area (Å²) in [7, 11) is 0. The van der Waals surface area contributed by atoms with Crippen molar-refractivity contribution in [2.75, 3.05) is 17.2 Å². The molecule has 2 N–H and O–H groups in total. The summed E-state index contributed by atoms with van der Waals surface area (Å²) >= 11 is 3.47. The van der Waals surface area contributed by atoms with Gasteiger partial charge in [-0.2, -0.15) is 0 Å². The number of rotatable bonds is 7. The Balaban J connectivity index is 1.65. The van der Waals surface area contributed by atoms with Crippen LogP contribution in [0.4, 0.5) is 11.4 Å². The second-order valence-corrected chi connectivity index (χ2v) is 10.5. The summed E-state index contributed by atoms with van der Waals surface area (Å²) in [5.41, 5.74) is 3.45. The molecule has 0 aromatic heterocycles. The Kier molecular flexibility index (Phi) is 8.15. The molecule has 0 bridgehead atoms. The zero-order valence-electron chi connectivity index (χ0n) is 20.2. The van der Waals surface area contributed by atoms with E-state index in [-0.39, 0.29) is 17.2 Å². The fraction of sp³-hybridized carbons (Fsp3) is 0.286. The predicted octanol–water partition coefficient (Wildman–Crippen LogP) is 7.29. The van der Waals surface area contributed by atoms with Crippen LogP contribution in [-0.2, 0) is 5.41 Å². The van der Waals surface area contributed by atoms with Gasteiger partial charge in [-0.3, -0.25) is 9.59 Å². The van der Waals surface area contributed by atoms with Gasteiger partial charge in [0, 0.05) is 22.5 Å². The molecule has 178 valence electrons. The number of anilines is 2. The summed E-state index contributed by atoms with van der Waals surface area (Å²) in [6.45, 7) is 11.2. The summed E-state index contributed by atoms with van der Waals surface area (Å²) < 4.78 is 6.47. The fourth-order valence-corrected chi connectivity index (χ4v) is 3.71. The Bertz CT molecular complexity index is 1170. The van der Waals surface area contributed by atoms with Crippen LogP contribution in [-0.4, -0.2) is 18.4 Å². The van der Waals surface area contributed by atoms with Gasteiger partial charge in [0.25, 0.3) is 11.8 Å². The molecule has 3 rings (SSSR count). The van der Waals surface area contributed by atoms with Gasteiger partial charge >= 0.3 is 0 Å². The van der Waals surface area contributed by atoms with Gasteiger partial charge in [0.15, 0.2) is 0 Å². The third-order valence-corrected chi connectivity index (χ3v) is 5.78. The van der Waals surface area contributed by atoms with Crippen molar-refractivity contribution < 1.29 is 14.3 Å². The van der Waals surface area contributed by atoms with Gasteiger partial charge in [-0.1, -0.05) is 52.8 Å². The van der Waals surface area contributed by atoms with Crippen LogP contribution in [0.5, 0.6) is 5.75 Å². The van der Waals surface area contributed by atoms with Crippen molar-refractivity contribution in [3.05, 3.63) is 87.9 Å². The first kappa shape index (κ1) is 25.5. The van der Waals surface area contributed by atoms with Crippen LogP contribution >= 0.6 is 15.9 Å². The van der Waals surface area contributed by atoms with E-state index in [9.17, 15) is 9.59 Å². The lowest BCUT2D eigenvalue weighted by atomic mass is 9.87. The molecule has 0 atom stereocenters. The maximum absolute atomic E-state index is 12.8. The van der Waals surface area contributed by atoms with E-state index in [4.69, 9.17) is 4.74 Å². The third kappa shape index (κ3) is 6.94. The molecule has 3 aromatic carbocycles. The van der Waals surface area contributed by atoms with Crippen LogP contribution in [0.2, 0.25) is 0 Å². The maximum atomic E-state index is 12.8. The van der Waals surface area contributed by atoms with Gasteiger partial charge in [0.1, 0.15) is 5.75 Å². The number of hydrogen-bond donors (Lipinski definition) is 2. The van der Waals surface area contributed by atoms with Crippen LogP contribution in [0.25, 0.3) is 0 Å². The van der Waals surface area contributed by atoms with E-state index in [1.807, 2.05) is 24.3 Å². The Morgan fingerprint density at radius 1 is 0.853 bits per heavy atom. The second kappa shape index (κ2) is 10.9. The number of hydrogen-bond acceptors (Lipinski definition) is 3. The lowest BCUT2D eigenvalue weighted by Gasteiger charge is -2.19. The van der Waals surface area contributed by atoms with Gasteiger partial charge in [0.05, 0.1) is 11.1 Å². The monoisotopic (exact) mass is 522 g/mol. The number of amides is 2. The van der Waals surface area contributed by atoms with Crippen molar-refractivity contribution in [2.45, 2.75) is 40.0 Å². The van der Waals surface area contributed by atoms with Gasteiger partial charge in [-0.15, -0.1) is 0 Å². The number of carbonyl (C=O) groups is 2. The molecule has 0 unspecified atom stereocenters. The summed E-state index contributed by atoms with van der Waals surface area (Å²) in [6.07, 6.45) is 0. The number of benzene rings is 3. The van der Waals surface area contributed by atoms with Crippen LogP contribution < -0.4 is 15.4 Å². The van der Waals surface area contributed by atoms with E-state index in [2.05, 4.69) is 61.2 Å². The molecule has 0 radical (unpaired) electrons. The Labute approximate surface area is 210 Å². The molecular formula is C28H31BrN2O3. The minimum atomic E-state index is -0.252. The molecule has 34 heavy (non-hydrogen) atoms. The molecule has 2 amide bonds. The number of halogens is 1. The highest BCUT2D eigenvalue weighted by Gasteiger charge is 2.15. The van der Waals surface area contributed by atoms with Gasteiger partial charge in [-0.25, -0.2) is 0 Å². The van der Waals surface area contributed by atoms with Crippen molar-refractivity contribution in [2.24, 2.45) is 5.92 Å². The normalized spacial score (nSPS) is 11.3. The van der Waals surface area contributed by atoms with E-state index >= 15 is 0 Å². The topological polar surface area (TPSA) is 67.4 Å². The summed E-state index contributed by atoms with van der Waals surface area (Å²) in [4.78, 5) is 25.4. The van der Waals surface area contributed by atoms with Crippen LogP contribution in [0, 0.1) is 5.92 Å². The molecule has 5 nitrogen and oxygen atoms in total. The van der Waals surface area contributed by atoms with E-state index in [0.29, 0.717) is 40.8 Å². The van der Waals surface area contributed by atoms with Gasteiger partial charge in [-0.05, 0) is 81.4 Å². The zero-order chi connectivity index (χ0) is 24.9. The van der Waals surface area contributed by atoms with Crippen LogP contribution in [0.15, 0.2) is 71.2 Å². The van der Waals surface area contributed by atoms with E-state index < -0.39 is 0 Å². The first-order chi connectivity index (χ1) is 16.0. The Morgan fingerprint density at radius 3 is 1.94 bits per heavy atom. The number of carbonyl (C=O) groups excluding carboxylic acids is 2. The Morgan fingerprint density at radius 2 is 1.41 bits per heavy atom. The summed E-state index contributed by atoms with van der Waals surface area (Å²) in [6, 6.07) is 19.9. The molecule has 0 saturated heterocycles. The molecule has 0 aliphatic rings. The van der Waals surface area contributed by atoms with Crippen molar-refractivity contribution in [1.82, 2.24) is 0 Å². The average molecular weight is 523 g/mol. The van der Waals surface area contributed by atoms with E-state index in [0.717, 1.165) is 4.47 Å². The quantitative estimate of drug-likeness (QED) is 0.342. The molecular weight excluding hydrogens is 492 g/mol. The SMILES string of the molecule is CC(C)COc1ccc(C(=O)Nc2cccc(NC(=O)c3ccc(C(C)(C)C)cc3)c2)cc1Br. The molecule has 0 saturated carbocycles. The first-order valence-corrected chi connectivity index (χ1v) is 12.1. The molecule has 0 fully saturated rings. The standard InChI is InChI=1S/C28H31BrN2O3/c1-18(2)17-34-25-14-11-20(15-24(25)29)27(33)31-23-8-6-7-22(16-23)30-26(32)19-9-12-21(13-10-19)28(3,4)5/h6-16,18H,17H2,1-5H3,(H,30,32)(H,31,33). The summed E-state index contributed by atoms with van der Waals surface area (Å²) in [5.74, 6) is 0.651. The molecule has 0 heterocycles. The van der Waals surface area contributed by atoms with Crippen LogP contribution in [0.3, 0.4) is 0 Å². The van der Waals surface area contributed by atoms with E-state index in [1.165, 1.54) is 5.56 Å². The van der Waals surface area contributed by atoms with Crippen molar-refractivity contribution >= 4 is 39.1 Å². The Hall–Kier alpha value is -3.12. The number of nitrogens with one attached hydrogen (secondary N) is 2. The zero-order valence-corrected chi connectivity index (χ0v) is 21.8. The number of ether oxygens (including phenoxy) is 1. The first-order valence-electron chi connectivity index (χ1n) is 11.3. The highest BCUT2D eigenvalue weighted by Crippen LogP contribution is 2.27. The van der Waals surface area contributed by atoms with Gasteiger partial charge in [0.2, 0.25) is 0 Å². The minimum absolute atomic E-state index is 0.0263. The lowest BCUT2D eigenvalue weighted by Crippen LogP contribution is -2.15. The molecule has 3 aromatic rings. The third-order valence-electron chi connectivity index (χ3n) is 5.16. The van der Waals surface area contributed by atoms with Crippen molar-refractivity contribution in [3.8, 4) is 5.75 Å². The average Bonchev–Trinajstić information content (AvgIpc) is 2.77. The van der Waals surface area contributed by atoms with Crippen molar-refractivity contribution in [1.29, 1.82) is 0 Å². The van der Waals surface area contributed by atoms with Crippen LogP contribution in [0.1, 0.15) is 60.9 Å². The maximum Gasteiger partial charge on any atom is 0.255 e. The second-order valence-electron chi connectivity index (χ2n) is 9.67. The van der Waals surface area contributed by atoms with Gasteiger partial charge < -0.3 is 15.4 Å². The minimum Gasteiger partial charge on any atom is -0.492 e. The van der Waals surface area contributed by atoms with E-state index in [1.54, 1.807) is 42.5 Å². The lowest BCUT2D eigenvalue weighted by molar-refractivity contribution is 0.101. The predicted molar refractivity (Wildman–Crippen MR) is 142 cm³/mol.